The first-order chi connectivity index (χ1) is 11.0. The van der Waals surface area contributed by atoms with Gasteiger partial charge in [-0.05, 0) is 37.1 Å². The lowest BCUT2D eigenvalue weighted by atomic mass is 10.0. The lowest BCUT2D eigenvalue weighted by Crippen LogP contribution is -2.40. The molecule has 1 saturated carbocycles. The number of aromatic nitrogens is 2. The normalized spacial score (nSPS) is 20.4. The zero-order valence-electron chi connectivity index (χ0n) is 12.3. The van der Waals surface area contributed by atoms with Crippen molar-refractivity contribution >= 4 is 23.5 Å². The Morgan fingerprint density at radius 2 is 2.13 bits per heavy atom. The maximum atomic E-state index is 12.3. The second-order valence-corrected chi connectivity index (χ2v) is 6.02. The van der Waals surface area contributed by atoms with Gasteiger partial charge in [0.1, 0.15) is 0 Å². The summed E-state index contributed by atoms with van der Waals surface area (Å²) in [5.41, 5.74) is 1.00. The summed E-state index contributed by atoms with van der Waals surface area (Å²) in [6.45, 7) is 0. The van der Waals surface area contributed by atoms with Crippen LogP contribution in [-0.2, 0) is 4.79 Å². The number of carbonyl (C=O) groups excluding carboxylic acids is 1. The van der Waals surface area contributed by atoms with Crippen molar-refractivity contribution in [3.05, 3.63) is 47.2 Å². The van der Waals surface area contributed by atoms with Gasteiger partial charge in [0.15, 0.2) is 5.69 Å². The van der Waals surface area contributed by atoms with E-state index in [4.69, 9.17) is 16.7 Å². The predicted octanol–water partition coefficient (Wildman–Crippen LogP) is 2.51. The van der Waals surface area contributed by atoms with Crippen LogP contribution in [0.25, 0.3) is 5.69 Å². The molecule has 120 valence electrons. The van der Waals surface area contributed by atoms with Crippen molar-refractivity contribution in [3.8, 4) is 5.69 Å². The molecule has 0 bridgehead atoms. The molecule has 1 amide bonds. The van der Waals surface area contributed by atoms with E-state index in [0.29, 0.717) is 17.9 Å². The minimum atomic E-state index is -0.864. The molecule has 7 heteroatoms. The standard InChI is InChI=1S/C16H16ClN3O3/c17-10-3-1-4-11(9-10)20-8-7-14(19-20)15(21)18-13-6-2-5-12(13)16(22)23/h1,3-4,7-9,12-13H,2,5-6H2,(H,18,21)(H,22,23)/t12-,13+/m1/s1. The van der Waals surface area contributed by atoms with Gasteiger partial charge in [-0.15, -0.1) is 0 Å². The molecule has 1 aliphatic carbocycles. The summed E-state index contributed by atoms with van der Waals surface area (Å²) in [5.74, 6) is -1.74. The van der Waals surface area contributed by atoms with Crippen LogP contribution in [0.3, 0.4) is 0 Å². The molecule has 0 radical (unpaired) electrons. The quantitative estimate of drug-likeness (QED) is 0.900. The zero-order valence-corrected chi connectivity index (χ0v) is 13.0. The molecule has 1 fully saturated rings. The van der Waals surface area contributed by atoms with Crippen molar-refractivity contribution in [2.24, 2.45) is 5.92 Å². The largest absolute Gasteiger partial charge is 0.481 e. The van der Waals surface area contributed by atoms with Gasteiger partial charge in [-0.3, -0.25) is 9.59 Å². The van der Waals surface area contributed by atoms with Crippen LogP contribution in [0.5, 0.6) is 0 Å². The fourth-order valence-electron chi connectivity index (χ4n) is 2.88. The van der Waals surface area contributed by atoms with E-state index >= 15 is 0 Å². The average molecular weight is 334 g/mol. The van der Waals surface area contributed by atoms with Crippen molar-refractivity contribution in [1.29, 1.82) is 0 Å². The number of amides is 1. The molecule has 0 aliphatic heterocycles. The molecule has 1 aromatic heterocycles. The van der Waals surface area contributed by atoms with Crippen LogP contribution in [0.4, 0.5) is 0 Å². The van der Waals surface area contributed by atoms with Crippen molar-refractivity contribution in [1.82, 2.24) is 15.1 Å². The molecular formula is C16H16ClN3O3. The Morgan fingerprint density at radius 3 is 2.87 bits per heavy atom. The van der Waals surface area contributed by atoms with Crippen molar-refractivity contribution in [3.63, 3.8) is 0 Å². The first-order valence-electron chi connectivity index (χ1n) is 7.40. The second-order valence-electron chi connectivity index (χ2n) is 5.58. The molecule has 2 atom stereocenters. The highest BCUT2D eigenvalue weighted by Crippen LogP contribution is 2.26. The highest BCUT2D eigenvalue weighted by molar-refractivity contribution is 6.30. The summed E-state index contributed by atoms with van der Waals surface area (Å²) in [6, 6.07) is 8.40. The Kier molecular flexibility index (Phi) is 4.34. The number of nitrogens with one attached hydrogen (secondary N) is 1. The molecule has 6 nitrogen and oxygen atoms in total. The van der Waals surface area contributed by atoms with Crippen LogP contribution in [0.15, 0.2) is 36.5 Å². The molecule has 3 rings (SSSR count). The van der Waals surface area contributed by atoms with Gasteiger partial charge in [-0.1, -0.05) is 24.1 Å². The number of carboxylic acids is 1. The Labute approximate surface area is 138 Å². The number of hydrogen-bond donors (Lipinski definition) is 2. The topological polar surface area (TPSA) is 84.2 Å². The summed E-state index contributed by atoms with van der Waals surface area (Å²) in [4.78, 5) is 23.4. The van der Waals surface area contributed by atoms with Crippen LogP contribution in [-0.4, -0.2) is 32.8 Å². The third-order valence-electron chi connectivity index (χ3n) is 4.04. The Hall–Kier alpha value is -2.34. The molecule has 0 saturated heterocycles. The number of rotatable bonds is 4. The molecule has 2 N–H and O–H groups in total. The summed E-state index contributed by atoms with van der Waals surface area (Å²) in [7, 11) is 0. The van der Waals surface area contributed by atoms with Gasteiger partial charge in [0.2, 0.25) is 0 Å². The molecule has 2 aromatic rings. The molecule has 1 heterocycles. The molecule has 23 heavy (non-hydrogen) atoms. The maximum absolute atomic E-state index is 12.3. The maximum Gasteiger partial charge on any atom is 0.308 e. The van der Waals surface area contributed by atoms with Gasteiger partial charge >= 0.3 is 5.97 Å². The van der Waals surface area contributed by atoms with E-state index in [2.05, 4.69) is 10.4 Å². The van der Waals surface area contributed by atoms with E-state index < -0.39 is 11.9 Å². The highest BCUT2D eigenvalue weighted by Gasteiger charge is 2.34. The van der Waals surface area contributed by atoms with Gasteiger partial charge < -0.3 is 10.4 Å². The third kappa shape index (κ3) is 3.37. The van der Waals surface area contributed by atoms with E-state index in [1.807, 2.05) is 6.07 Å². The zero-order chi connectivity index (χ0) is 16.4. The van der Waals surface area contributed by atoms with Crippen LogP contribution >= 0.6 is 11.6 Å². The van der Waals surface area contributed by atoms with Crippen molar-refractivity contribution < 1.29 is 14.7 Å². The smallest absolute Gasteiger partial charge is 0.308 e. The number of halogens is 1. The fraction of sp³-hybridized carbons (Fsp3) is 0.312. The predicted molar refractivity (Wildman–Crippen MR) is 84.8 cm³/mol. The lowest BCUT2D eigenvalue weighted by molar-refractivity contribution is -0.142. The van der Waals surface area contributed by atoms with Crippen LogP contribution in [0.1, 0.15) is 29.8 Å². The van der Waals surface area contributed by atoms with E-state index in [-0.39, 0.29) is 17.6 Å². The third-order valence-corrected chi connectivity index (χ3v) is 4.28. The molecule has 0 spiro atoms. The first kappa shape index (κ1) is 15.6. The summed E-state index contributed by atoms with van der Waals surface area (Å²) in [6.07, 6.45) is 3.75. The molecule has 1 aromatic carbocycles. The minimum Gasteiger partial charge on any atom is -0.481 e. The van der Waals surface area contributed by atoms with E-state index in [1.165, 1.54) is 0 Å². The van der Waals surface area contributed by atoms with Gasteiger partial charge in [-0.25, -0.2) is 4.68 Å². The Balaban J connectivity index is 1.73. The fourth-order valence-corrected chi connectivity index (χ4v) is 3.06. The number of hydrogen-bond acceptors (Lipinski definition) is 3. The van der Waals surface area contributed by atoms with Crippen molar-refractivity contribution in [2.75, 3.05) is 0 Å². The monoisotopic (exact) mass is 333 g/mol. The molecular weight excluding hydrogens is 318 g/mol. The second kappa shape index (κ2) is 6.42. The highest BCUT2D eigenvalue weighted by atomic mass is 35.5. The number of aliphatic carboxylic acids is 1. The Morgan fingerprint density at radius 1 is 1.30 bits per heavy atom. The van der Waals surface area contributed by atoms with Crippen LogP contribution < -0.4 is 5.32 Å². The SMILES string of the molecule is O=C(N[C@H]1CCC[C@H]1C(=O)O)c1ccn(-c2cccc(Cl)c2)n1. The minimum absolute atomic E-state index is 0.251. The molecule has 0 unspecified atom stereocenters. The van der Waals surface area contributed by atoms with Gasteiger partial charge in [0, 0.05) is 17.3 Å². The number of carbonyl (C=O) groups is 2. The van der Waals surface area contributed by atoms with Gasteiger partial charge in [0.05, 0.1) is 11.6 Å². The average Bonchev–Trinajstić information content (AvgIpc) is 3.16. The van der Waals surface area contributed by atoms with Crippen molar-refractivity contribution in [2.45, 2.75) is 25.3 Å². The number of nitrogens with zero attached hydrogens (tertiary/aromatic N) is 2. The van der Waals surface area contributed by atoms with Crippen LogP contribution in [0, 0.1) is 5.92 Å². The van der Waals surface area contributed by atoms with Gasteiger partial charge in [-0.2, -0.15) is 5.10 Å². The van der Waals surface area contributed by atoms with E-state index in [1.54, 1.807) is 35.1 Å². The number of carboxylic acid groups (broad SMARTS) is 1. The summed E-state index contributed by atoms with van der Waals surface area (Å²) < 4.78 is 1.56. The summed E-state index contributed by atoms with van der Waals surface area (Å²) in [5, 5.41) is 16.8. The molecule has 1 aliphatic rings. The Bertz CT molecular complexity index is 744. The van der Waals surface area contributed by atoms with E-state index in [9.17, 15) is 9.59 Å². The summed E-state index contributed by atoms with van der Waals surface area (Å²) >= 11 is 5.95. The lowest BCUT2D eigenvalue weighted by Gasteiger charge is -2.16. The van der Waals surface area contributed by atoms with E-state index in [0.717, 1.165) is 12.1 Å². The number of benzene rings is 1. The van der Waals surface area contributed by atoms with Crippen LogP contribution in [0.2, 0.25) is 5.02 Å². The van der Waals surface area contributed by atoms with Gasteiger partial charge in [0.25, 0.3) is 5.91 Å². The first-order valence-corrected chi connectivity index (χ1v) is 7.77.